The van der Waals surface area contributed by atoms with Crippen molar-refractivity contribution in [3.05, 3.63) is 22.8 Å². The second-order valence-corrected chi connectivity index (χ2v) is 6.03. The van der Waals surface area contributed by atoms with Crippen molar-refractivity contribution in [2.45, 2.75) is 25.7 Å². The van der Waals surface area contributed by atoms with E-state index in [2.05, 4.69) is 9.88 Å². The number of hydrogen-bond donors (Lipinski definition) is 1. The second-order valence-electron chi connectivity index (χ2n) is 5.65. The Balaban J connectivity index is 1.87. The lowest BCUT2D eigenvalue weighted by atomic mass is 9.78. The zero-order valence-electron chi connectivity index (χ0n) is 10.7. The zero-order valence-corrected chi connectivity index (χ0v) is 11.4. The zero-order chi connectivity index (χ0) is 13.4. The van der Waals surface area contributed by atoms with Crippen LogP contribution in [0.1, 0.15) is 36.0 Å². The molecule has 1 aromatic rings. The van der Waals surface area contributed by atoms with Crippen molar-refractivity contribution in [3.8, 4) is 0 Å². The maximum Gasteiger partial charge on any atom is 0.335 e. The number of nitrogens with zero attached hydrogens (tertiary/aromatic N) is 2. The lowest BCUT2D eigenvalue weighted by Crippen LogP contribution is -2.43. The highest BCUT2D eigenvalue weighted by Crippen LogP contribution is 2.36. The van der Waals surface area contributed by atoms with Gasteiger partial charge in [-0.15, -0.1) is 0 Å². The smallest absolute Gasteiger partial charge is 0.335 e. The third-order valence-corrected chi connectivity index (χ3v) is 4.39. The molecule has 19 heavy (non-hydrogen) atoms. The first-order valence-electron chi connectivity index (χ1n) is 6.77. The average molecular weight is 281 g/mol. The van der Waals surface area contributed by atoms with E-state index < -0.39 is 5.97 Å². The number of halogens is 1. The Morgan fingerprint density at radius 2 is 2.00 bits per heavy atom. The van der Waals surface area contributed by atoms with Crippen molar-refractivity contribution in [2.75, 3.05) is 18.0 Å². The molecule has 3 rings (SSSR count). The third kappa shape index (κ3) is 2.68. The second kappa shape index (κ2) is 5.00. The Hall–Kier alpha value is -1.29. The normalized spacial score (nSPS) is 26.3. The van der Waals surface area contributed by atoms with E-state index in [4.69, 9.17) is 16.7 Å². The maximum atomic E-state index is 11.1. The summed E-state index contributed by atoms with van der Waals surface area (Å²) in [4.78, 5) is 17.6. The summed E-state index contributed by atoms with van der Waals surface area (Å²) in [6.07, 6.45) is 5.19. The average Bonchev–Trinajstić information content (AvgIpc) is 2.37. The molecule has 1 aliphatic heterocycles. The molecule has 1 aliphatic carbocycles. The van der Waals surface area contributed by atoms with E-state index in [1.54, 1.807) is 6.07 Å². The standard InChI is InChI=1S/C14H17ClN2O2/c15-12-5-11(14(18)19)6-13(16-12)17-7-9-2-1-3-10(4-9)8-17/h5-6,9-10H,1-4,7-8H2,(H,18,19). The van der Waals surface area contributed by atoms with Gasteiger partial charge in [0.2, 0.25) is 0 Å². The number of rotatable bonds is 2. The molecule has 2 fully saturated rings. The predicted octanol–water partition coefficient (Wildman–Crippen LogP) is 3.06. The van der Waals surface area contributed by atoms with Gasteiger partial charge in [-0.3, -0.25) is 0 Å². The molecule has 2 bridgehead atoms. The van der Waals surface area contributed by atoms with Crippen LogP contribution in [0.3, 0.4) is 0 Å². The number of anilines is 1. The van der Waals surface area contributed by atoms with Crippen LogP contribution in [0.5, 0.6) is 0 Å². The number of hydrogen-bond acceptors (Lipinski definition) is 3. The van der Waals surface area contributed by atoms with Crippen LogP contribution in [-0.2, 0) is 0 Å². The van der Waals surface area contributed by atoms with Gasteiger partial charge in [0.1, 0.15) is 11.0 Å². The first-order valence-corrected chi connectivity index (χ1v) is 7.15. The van der Waals surface area contributed by atoms with Crippen LogP contribution in [0.25, 0.3) is 0 Å². The van der Waals surface area contributed by atoms with Gasteiger partial charge in [-0.2, -0.15) is 0 Å². The minimum absolute atomic E-state index is 0.214. The highest BCUT2D eigenvalue weighted by atomic mass is 35.5. The Kier molecular flexibility index (Phi) is 3.35. The van der Waals surface area contributed by atoms with Crippen molar-refractivity contribution in [2.24, 2.45) is 11.8 Å². The van der Waals surface area contributed by atoms with Crippen LogP contribution in [0.2, 0.25) is 5.15 Å². The molecule has 2 atom stereocenters. The van der Waals surface area contributed by atoms with Gasteiger partial charge < -0.3 is 10.0 Å². The fourth-order valence-corrected chi connectivity index (χ4v) is 3.59. The summed E-state index contributed by atoms with van der Waals surface area (Å²) in [5.74, 6) is 1.20. The van der Waals surface area contributed by atoms with Gasteiger partial charge in [0, 0.05) is 13.1 Å². The van der Waals surface area contributed by atoms with E-state index in [0.29, 0.717) is 5.82 Å². The number of piperidine rings is 1. The molecule has 0 aromatic carbocycles. The number of carboxylic acid groups (broad SMARTS) is 1. The molecule has 0 spiro atoms. The molecule has 102 valence electrons. The lowest BCUT2D eigenvalue weighted by Gasteiger charge is -2.42. The quantitative estimate of drug-likeness (QED) is 0.846. The van der Waals surface area contributed by atoms with Gasteiger partial charge in [-0.1, -0.05) is 18.0 Å². The first-order chi connectivity index (χ1) is 9.11. The van der Waals surface area contributed by atoms with Crippen molar-refractivity contribution in [1.29, 1.82) is 0 Å². The Morgan fingerprint density at radius 3 is 2.63 bits per heavy atom. The van der Waals surface area contributed by atoms with Gasteiger partial charge in [-0.25, -0.2) is 9.78 Å². The number of carboxylic acids is 1. The van der Waals surface area contributed by atoms with Crippen molar-refractivity contribution < 1.29 is 9.90 Å². The first kappa shape index (κ1) is 12.7. The van der Waals surface area contributed by atoms with Crippen LogP contribution >= 0.6 is 11.6 Å². The molecule has 2 heterocycles. The summed E-state index contributed by atoms with van der Waals surface area (Å²) in [7, 11) is 0. The molecule has 1 saturated carbocycles. The van der Waals surface area contributed by atoms with Crippen LogP contribution in [0.4, 0.5) is 5.82 Å². The molecule has 1 aromatic heterocycles. The van der Waals surface area contributed by atoms with Gasteiger partial charge in [0.25, 0.3) is 0 Å². The van der Waals surface area contributed by atoms with Gasteiger partial charge in [0.05, 0.1) is 5.56 Å². The van der Waals surface area contributed by atoms with Gasteiger partial charge in [-0.05, 0) is 43.2 Å². The topological polar surface area (TPSA) is 53.4 Å². The number of fused-ring (bicyclic) bond motifs is 2. The molecule has 0 radical (unpaired) electrons. The molecule has 1 N–H and O–H groups in total. The van der Waals surface area contributed by atoms with Crippen molar-refractivity contribution in [3.63, 3.8) is 0 Å². The molecule has 1 saturated heterocycles. The SMILES string of the molecule is O=C(O)c1cc(Cl)nc(N2CC3CCCC(C3)C2)c1. The van der Waals surface area contributed by atoms with E-state index in [1.165, 1.54) is 31.7 Å². The molecular formula is C14H17ClN2O2. The summed E-state index contributed by atoms with van der Waals surface area (Å²) in [5, 5.41) is 9.34. The number of aromatic carboxylic acids is 1. The summed E-state index contributed by atoms with van der Waals surface area (Å²) < 4.78 is 0. The Bertz CT molecular complexity index is 494. The van der Waals surface area contributed by atoms with Crippen LogP contribution in [0, 0.1) is 11.8 Å². The Labute approximate surface area is 117 Å². The van der Waals surface area contributed by atoms with Crippen LogP contribution in [0.15, 0.2) is 12.1 Å². The fourth-order valence-electron chi connectivity index (χ4n) is 3.39. The number of pyridine rings is 1. The number of aromatic nitrogens is 1. The number of carbonyl (C=O) groups is 1. The van der Waals surface area contributed by atoms with Crippen LogP contribution < -0.4 is 4.90 Å². The minimum atomic E-state index is -0.956. The van der Waals surface area contributed by atoms with E-state index in [0.717, 1.165) is 24.9 Å². The van der Waals surface area contributed by atoms with Crippen molar-refractivity contribution >= 4 is 23.4 Å². The van der Waals surface area contributed by atoms with Gasteiger partial charge in [0.15, 0.2) is 0 Å². The molecule has 4 nitrogen and oxygen atoms in total. The summed E-state index contributed by atoms with van der Waals surface area (Å²) in [5.41, 5.74) is 0.214. The summed E-state index contributed by atoms with van der Waals surface area (Å²) >= 11 is 5.93. The van der Waals surface area contributed by atoms with E-state index >= 15 is 0 Å². The molecule has 0 amide bonds. The molecule has 5 heteroatoms. The Morgan fingerprint density at radius 1 is 1.32 bits per heavy atom. The van der Waals surface area contributed by atoms with Gasteiger partial charge >= 0.3 is 5.97 Å². The van der Waals surface area contributed by atoms with Crippen molar-refractivity contribution in [1.82, 2.24) is 4.98 Å². The third-order valence-electron chi connectivity index (χ3n) is 4.20. The van der Waals surface area contributed by atoms with E-state index in [-0.39, 0.29) is 10.7 Å². The molecular weight excluding hydrogens is 264 g/mol. The predicted molar refractivity (Wildman–Crippen MR) is 73.9 cm³/mol. The maximum absolute atomic E-state index is 11.1. The summed E-state index contributed by atoms with van der Waals surface area (Å²) in [6, 6.07) is 3.04. The minimum Gasteiger partial charge on any atom is -0.478 e. The summed E-state index contributed by atoms with van der Waals surface area (Å²) in [6.45, 7) is 1.95. The molecule has 2 aliphatic rings. The van der Waals surface area contributed by atoms with E-state index in [9.17, 15) is 4.79 Å². The van der Waals surface area contributed by atoms with E-state index in [1.807, 2.05) is 0 Å². The van der Waals surface area contributed by atoms with Crippen LogP contribution in [-0.4, -0.2) is 29.1 Å². The largest absolute Gasteiger partial charge is 0.478 e. The fraction of sp³-hybridized carbons (Fsp3) is 0.571. The highest BCUT2D eigenvalue weighted by Gasteiger charge is 2.31. The monoisotopic (exact) mass is 280 g/mol. The highest BCUT2D eigenvalue weighted by molar-refractivity contribution is 6.29. The lowest BCUT2D eigenvalue weighted by molar-refractivity contribution is 0.0697. The molecule has 2 unspecified atom stereocenters.